The number of amides is 1. The van der Waals surface area contributed by atoms with Crippen LogP contribution in [0.1, 0.15) is 33.6 Å². The van der Waals surface area contributed by atoms with Gasteiger partial charge in [0.05, 0.1) is 20.9 Å². The average Bonchev–Trinajstić information content (AvgIpc) is 3.30. The largest absolute Gasteiger partial charge is 0.416 e. The molecule has 0 radical (unpaired) electrons. The lowest BCUT2D eigenvalue weighted by Gasteiger charge is -2.31. The first-order chi connectivity index (χ1) is 15.7. The van der Waals surface area contributed by atoms with Gasteiger partial charge < -0.3 is 4.90 Å². The standard InChI is InChI=1S/C20H18F6N2O4S2/c21-19(22,23)13-8-14(20(24,25)26)10-15(9-13)34(31,32)27-11-12-3-5-28(6-4-12)18(30)17(29)16-2-1-7-33-16/h1-2,7-10,12,27H,3-6,11H2. The van der Waals surface area contributed by atoms with E-state index in [4.69, 9.17) is 0 Å². The molecule has 1 aromatic heterocycles. The second kappa shape index (κ2) is 9.66. The number of Topliss-reactive ketones (excluding diaryl/α,β-unsaturated/α-hetero) is 1. The summed E-state index contributed by atoms with van der Waals surface area (Å²) in [6, 6.07) is 3.29. The molecule has 1 aliphatic heterocycles. The maximum absolute atomic E-state index is 13.0. The first-order valence-electron chi connectivity index (χ1n) is 9.85. The molecule has 0 atom stereocenters. The quantitative estimate of drug-likeness (QED) is 0.346. The summed E-state index contributed by atoms with van der Waals surface area (Å²) >= 11 is 1.12. The van der Waals surface area contributed by atoms with E-state index < -0.39 is 50.1 Å². The number of sulfonamides is 1. The number of halogens is 6. The Kier molecular flexibility index (Phi) is 7.43. The van der Waals surface area contributed by atoms with Gasteiger partial charge in [-0.3, -0.25) is 9.59 Å². The fourth-order valence-electron chi connectivity index (χ4n) is 3.39. The normalized spacial score (nSPS) is 16.0. The SMILES string of the molecule is O=C(C(=O)N1CCC(CNS(=O)(=O)c2cc(C(F)(F)F)cc(C(F)(F)F)c2)CC1)c1cccs1. The number of nitrogens with zero attached hydrogens (tertiary/aromatic N) is 1. The van der Waals surface area contributed by atoms with E-state index in [0.29, 0.717) is 17.7 Å². The molecule has 0 saturated carbocycles. The van der Waals surface area contributed by atoms with Gasteiger partial charge in [0.1, 0.15) is 0 Å². The summed E-state index contributed by atoms with van der Waals surface area (Å²) in [6.07, 6.45) is -9.76. The molecule has 6 nitrogen and oxygen atoms in total. The minimum atomic E-state index is -5.18. The third kappa shape index (κ3) is 6.16. The highest BCUT2D eigenvalue weighted by Crippen LogP contribution is 2.37. The molecule has 1 aromatic carbocycles. The topological polar surface area (TPSA) is 83.6 Å². The number of hydrogen-bond donors (Lipinski definition) is 1. The predicted octanol–water partition coefficient (Wildman–Crippen LogP) is 4.19. The number of nitrogens with one attached hydrogen (secondary N) is 1. The second-order valence-electron chi connectivity index (χ2n) is 7.64. The Morgan fingerprint density at radius 3 is 2.03 bits per heavy atom. The van der Waals surface area contributed by atoms with Gasteiger partial charge in [0.2, 0.25) is 10.0 Å². The number of rotatable bonds is 6. The first-order valence-corrected chi connectivity index (χ1v) is 12.2. The van der Waals surface area contributed by atoms with Crippen LogP contribution in [0.3, 0.4) is 0 Å². The van der Waals surface area contributed by atoms with Gasteiger partial charge in [-0.2, -0.15) is 26.3 Å². The van der Waals surface area contributed by atoms with Crippen LogP contribution in [0.25, 0.3) is 0 Å². The van der Waals surface area contributed by atoms with Crippen molar-refractivity contribution in [3.8, 4) is 0 Å². The minimum absolute atomic E-state index is 0.148. The number of alkyl halides is 6. The number of carbonyl (C=O) groups is 2. The lowest BCUT2D eigenvalue weighted by molar-refractivity contribution is -0.143. The van der Waals surface area contributed by atoms with Crippen molar-refractivity contribution in [2.24, 2.45) is 5.92 Å². The van der Waals surface area contributed by atoms with E-state index in [1.165, 1.54) is 11.0 Å². The Bertz CT molecular complexity index is 1120. The van der Waals surface area contributed by atoms with Crippen LogP contribution >= 0.6 is 11.3 Å². The van der Waals surface area contributed by atoms with Gasteiger partial charge in [-0.05, 0) is 48.4 Å². The zero-order valence-corrected chi connectivity index (χ0v) is 18.9. The smallest absolute Gasteiger partial charge is 0.336 e. The molecule has 1 amide bonds. The molecule has 3 rings (SSSR count). The molecule has 1 saturated heterocycles. The van der Waals surface area contributed by atoms with Crippen LogP contribution in [-0.2, 0) is 27.2 Å². The van der Waals surface area contributed by atoms with Gasteiger partial charge in [0.15, 0.2) is 0 Å². The minimum Gasteiger partial charge on any atom is -0.336 e. The zero-order chi connectivity index (χ0) is 25.3. The number of benzene rings is 1. The summed E-state index contributed by atoms with van der Waals surface area (Å²) < 4.78 is 105. The van der Waals surface area contributed by atoms with Gasteiger partial charge in [-0.1, -0.05) is 6.07 Å². The Labute approximate surface area is 194 Å². The Balaban J connectivity index is 1.65. The highest BCUT2D eigenvalue weighted by molar-refractivity contribution is 7.89. The third-order valence-electron chi connectivity index (χ3n) is 5.27. The fraction of sp³-hybridized carbons (Fsp3) is 0.400. The van der Waals surface area contributed by atoms with Crippen molar-refractivity contribution < 1.29 is 44.3 Å². The fourth-order valence-corrected chi connectivity index (χ4v) is 5.23. The molecule has 2 heterocycles. The van der Waals surface area contributed by atoms with Crippen molar-refractivity contribution in [3.05, 3.63) is 51.7 Å². The molecule has 0 unspecified atom stereocenters. The van der Waals surface area contributed by atoms with Gasteiger partial charge >= 0.3 is 12.4 Å². The predicted molar refractivity (Wildman–Crippen MR) is 110 cm³/mol. The molecule has 14 heteroatoms. The summed E-state index contributed by atoms with van der Waals surface area (Å²) in [4.78, 5) is 25.0. The van der Waals surface area contributed by atoms with Gasteiger partial charge in [0.25, 0.3) is 11.7 Å². The third-order valence-corrected chi connectivity index (χ3v) is 7.55. The molecule has 34 heavy (non-hydrogen) atoms. The van der Waals surface area contributed by atoms with Crippen molar-refractivity contribution in [1.29, 1.82) is 0 Å². The lowest BCUT2D eigenvalue weighted by atomic mass is 9.97. The molecule has 1 fully saturated rings. The summed E-state index contributed by atoms with van der Waals surface area (Å²) in [7, 11) is -4.68. The highest BCUT2D eigenvalue weighted by atomic mass is 32.2. The van der Waals surface area contributed by atoms with Crippen LogP contribution in [0.5, 0.6) is 0 Å². The molecule has 0 bridgehead atoms. The molecular weight excluding hydrogens is 510 g/mol. The molecule has 2 aromatic rings. The Morgan fingerprint density at radius 2 is 1.56 bits per heavy atom. The summed E-state index contributed by atoms with van der Waals surface area (Å²) in [6.45, 7) is 0.0646. The first kappa shape index (κ1) is 26.2. The van der Waals surface area contributed by atoms with Crippen molar-refractivity contribution in [2.75, 3.05) is 19.6 Å². The van der Waals surface area contributed by atoms with E-state index in [9.17, 15) is 44.3 Å². The van der Waals surface area contributed by atoms with Crippen LogP contribution in [0, 0.1) is 5.92 Å². The van der Waals surface area contributed by atoms with Gasteiger partial charge in [-0.15, -0.1) is 11.3 Å². The highest BCUT2D eigenvalue weighted by Gasteiger charge is 2.38. The maximum atomic E-state index is 13.0. The van der Waals surface area contributed by atoms with E-state index in [2.05, 4.69) is 4.72 Å². The van der Waals surface area contributed by atoms with Crippen molar-refractivity contribution in [1.82, 2.24) is 9.62 Å². The van der Waals surface area contributed by atoms with Crippen molar-refractivity contribution in [2.45, 2.75) is 30.1 Å². The van der Waals surface area contributed by atoms with E-state index in [-0.39, 0.29) is 43.8 Å². The number of piperidine rings is 1. The summed E-state index contributed by atoms with van der Waals surface area (Å²) in [5.74, 6) is -1.67. The molecule has 0 spiro atoms. The van der Waals surface area contributed by atoms with Crippen LogP contribution < -0.4 is 4.72 Å². The number of hydrogen-bond acceptors (Lipinski definition) is 5. The van der Waals surface area contributed by atoms with Crippen molar-refractivity contribution >= 4 is 33.1 Å². The second-order valence-corrected chi connectivity index (χ2v) is 10.4. The number of ketones is 1. The molecular formula is C20H18F6N2O4S2. The Morgan fingerprint density at radius 1 is 1.00 bits per heavy atom. The summed E-state index contributed by atoms with van der Waals surface area (Å²) in [5.41, 5.74) is -3.46. The van der Waals surface area contributed by atoms with Crippen LogP contribution in [0.15, 0.2) is 40.6 Å². The molecule has 0 aliphatic carbocycles. The van der Waals surface area contributed by atoms with E-state index >= 15 is 0 Å². The maximum Gasteiger partial charge on any atom is 0.416 e. The number of thiophene rings is 1. The zero-order valence-electron chi connectivity index (χ0n) is 17.2. The lowest BCUT2D eigenvalue weighted by Crippen LogP contribution is -2.44. The van der Waals surface area contributed by atoms with Crippen LogP contribution in [-0.4, -0.2) is 44.6 Å². The average molecular weight is 528 g/mol. The Hall–Kier alpha value is -2.45. The van der Waals surface area contributed by atoms with E-state index in [0.717, 1.165) is 11.3 Å². The molecule has 186 valence electrons. The van der Waals surface area contributed by atoms with Crippen molar-refractivity contribution in [3.63, 3.8) is 0 Å². The number of carbonyl (C=O) groups excluding carboxylic acids is 2. The monoisotopic (exact) mass is 528 g/mol. The summed E-state index contributed by atoms with van der Waals surface area (Å²) in [5, 5.41) is 1.65. The van der Waals surface area contributed by atoms with E-state index in [1.807, 2.05) is 0 Å². The van der Waals surface area contributed by atoms with E-state index in [1.54, 1.807) is 11.4 Å². The van der Waals surface area contributed by atoms with Crippen LogP contribution in [0.4, 0.5) is 26.3 Å². The van der Waals surface area contributed by atoms with Gasteiger partial charge in [-0.25, -0.2) is 13.1 Å². The molecule has 1 aliphatic rings. The van der Waals surface area contributed by atoms with Crippen LogP contribution in [0.2, 0.25) is 0 Å². The van der Waals surface area contributed by atoms with Gasteiger partial charge in [0, 0.05) is 19.6 Å². The molecule has 1 N–H and O–H groups in total. The number of likely N-dealkylation sites (tertiary alicyclic amines) is 1.